The molecule has 2 N–H and O–H groups in total. The van der Waals surface area contributed by atoms with Crippen LogP contribution in [0.5, 0.6) is 6.01 Å². The van der Waals surface area contributed by atoms with E-state index in [2.05, 4.69) is 61.8 Å². The van der Waals surface area contributed by atoms with E-state index in [1.165, 1.54) is 31.5 Å². The molecule has 4 rings (SSSR count). The van der Waals surface area contributed by atoms with E-state index >= 15 is 0 Å². The fourth-order valence-corrected chi connectivity index (χ4v) is 4.28. The number of likely N-dealkylation sites (tertiary alicyclic amines) is 1. The lowest BCUT2D eigenvalue weighted by atomic mass is 10.1. The van der Waals surface area contributed by atoms with E-state index in [-0.39, 0.29) is 18.4 Å². The van der Waals surface area contributed by atoms with Crippen molar-refractivity contribution in [1.29, 1.82) is 0 Å². The van der Waals surface area contributed by atoms with Gasteiger partial charge < -0.3 is 20.1 Å². The predicted molar refractivity (Wildman–Crippen MR) is 149 cm³/mol. The Hall–Kier alpha value is -3.73. The van der Waals surface area contributed by atoms with Gasteiger partial charge in [-0.25, -0.2) is 9.48 Å². The number of anilines is 1. The Labute approximate surface area is 229 Å². The van der Waals surface area contributed by atoms with Crippen molar-refractivity contribution >= 4 is 28.9 Å². The number of carbonyl (C=O) groups excluding carboxylic acids is 2. The molecule has 0 atom stereocenters. The van der Waals surface area contributed by atoms with Crippen LogP contribution in [0.15, 0.2) is 30.5 Å². The predicted octanol–water partition coefficient (Wildman–Crippen LogP) is 4.11. The molecule has 0 unspecified atom stereocenters. The summed E-state index contributed by atoms with van der Waals surface area (Å²) in [5, 5.41) is 10.3. The van der Waals surface area contributed by atoms with Gasteiger partial charge in [0.25, 0.3) is 0 Å². The molecule has 3 heterocycles. The molecular formula is C28H39N7O4. The second-order valence-electron chi connectivity index (χ2n) is 10.8. The van der Waals surface area contributed by atoms with Crippen molar-refractivity contribution in [2.45, 2.75) is 72.1 Å². The fraction of sp³-hybridized carbons (Fsp3) is 0.536. The first kappa shape index (κ1) is 28.3. The molecule has 2 amide bonds. The van der Waals surface area contributed by atoms with Crippen LogP contribution >= 0.6 is 0 Å². The SMILES string of the molecule is CCCCOc1nc(NC(=O)CNC(=O)OC(C)(C)C)c2cnn(Cc3ccc(CN4CCCC4)cc3)c2n1. The molecule has 0 aliphatic carbocycles. The van der Waals surface area contributed by atoms with Gasteiger partial charge >= 0.3 is 12.1 Å². The highest BCUT2D eigenvalue weighted by Gasteiger charge is 2.19. The second kappa shape index (κ2) is 12.9. The van der Waals surface area contributed by atoms with Crippen LogP contribution in [-0.2, 0) is 22.6 Å². The van der Waals surface area contributed by atoms with Crippen molar-refractivity contribution in [1.82, 2.24) is 30.0 Å². The summed E-state index contributed by atoms with van der Waals surface area (Å²) in [5.74, 6) is -0.184. The number of alkyl carbamates (subject to hydrolysis) is 1. The number of hydrogen-bond donors (Lipinski definition) is 2. The highest BCUT2D eigenvalue weighted by atomic mass is 16.6. The Bertz CT molecular complexity index is 1260. The lowest BCUT2D eigenvalue weighted by Gasteiger charge is -2.19. The summed E-state index contributed by atoms with van der Waals surface area (Å²) in [7, 11) is 0. The van der Waals surface area contributed by atoms with Crippen LogP contribution in [0.25, 0.3) is 11.0 Å². The number of aromatic nitrogens is 4. The van der Waals surface area contributed by atoms with Crippen LogP contribution in [0.3, 0.4) is 0 Å². The average Bonchev–Trinajstić information content (AvgIpc) is 3.53. The van der Waals surface area contributed by atoms with E-state index in [0.29, 0.717) is 24.2 Å². The summed E-state index contributed by atoms with van der Waals surface area (Å²) in [5.41, 5.74) is 2.27. The summed E-state index contributed by atoms with van der Waals surface area (Å²) in [6.45, 7) is 11.3. The summed E-state index contributed by atoms with van der Waals surface area (Å²) < 4.78 is 12.7. The largest absolute Gasteiger partial charge is 0.463 e. The summed E-state index contributed by atoms with van der Waals surface area (Å²) in [6, 6.07) is 8.72. The molecule has 11 heteroatoms. The van der Waals surface area contributed by atoms with Gasteiger partial charge in [-0.05, 0) is 64.3 Å². The van der Waals surface area contributed by atoms with Gasteiger partial charge in [0.15, 0.2) is 11.5 Å². The number of amides is 2. The Morgan fingerprint density at radius 2 is 1.72 bits per heavy atom. The normalized spacial score (nSPS) is 13.9. The third-order valence-electron chi connectivity index (χ3n) is 6.21. The maximum absolute atomic E-state index is 12.6. The number of ether oxygens (including phenoxy) is 2. The van der Waals surface area contributed by atoms with Gasteiger partial charge in [0.2, 0.25) is 5.91 Å². The fourth-order valence-electron chi connectivity index (χ4n) is 4.28. The van der Waals surface area contributed by atoms with Crippen LogP contribution in [0, 0.1) is 0 Å². The van der Waals surface area contributed by atoms with Crippen molar-refractivity contribution in [2.75, 3.05) is 31.6 Å². The van der Waals surface area contributed by atoms with Crippen molar-refractivity contribution in [3.05, 3.63) is 41.6 Å². The van der Waals surface area contributed by atoms with E-state index in [0.717, 1.165) is 24.9 Å². The highest BCUT2D eigenvalue weighted by Crippen LogP contribution is 2.24. The van der Waals surface area contributed by atoms with E-state index in [9.17, 15) is 9.59 Å². The van der Waals surface area contributed by atoms with E-state index in [4.69, 9.17) is 9.47 Å². The number of benzene rings is 1. The monoisotopic (exact) mass is 537 g/mol. The molecule has 1 fully saturated rings. The number of carbonyl (C=O) groups is 2. The topological polar surface area (TPSA) is 124 Å². The number of nitrogens with one attached hydrogen (secondary N) is 2. The minimum atomic E-state index is -0.673. The molecule has 0 radical (unpaired) electrons. The number of rotatable bonds is 11. The van der Waals surface area contributed by atoms with Crippen LogP contribution < -0.4 is 15.4 Å². The number of fused-ring (bicyclic) bond motifs is 1. The van der Waals surface area contributed by atoms with Crippen molar-refractivity contribution in [3.63, 3.8) is 0 Å². The zero-order valence-corrected chi connectivity index (χ0v) is 23.3. The van der Waals surface area contributed by atoms with E-state index < -0.39 is 17.6 Å². The van der Waals surface area contributed by atoms with Crippen molar-refractivity contribution < 1.29 is 19.1 Å². The summed E-state index contributed by atoms with van der Waals surface area (Å²) in [6.07, 6.45) is 5.33. The number of hydrogen-bond acceptors (Lipinski definition) is 8. The molecule has 1 aliphatic rings. The first-order valence-corrected chi connectivity index (χ1v) is 13.6. The van der Waals surface area contributed by atoms with Gasteiger partial charge in [0.1, 0.15) is 12.1 Å². The maximum atomic E-state index is 12.6. The lowest BCUT2D eigenvalue weighted by Crippen LogP contribution is -2.37. The minimum Gasteiger partial charge on any atom is -0.463 e. The van der Waals surface area contributed by atoms with Crippen molar-refractivity contribution in [2.24, 2.45) is 0 Å². The highest BCUT2D eigenvalue weighted by molar-refractivity contribution is 6.00. The second-order valence-corrected chi connectivity index (χ2v) is 10.8. The third kappa shape index (κ3) is 8.38. The van der Waals surface area contributed by atoms with Gasteiger partial charge in [-0.2, -0.15) is 15.1 Å². The van der Waals surface area contributed by atoms with E-state index in [1.807, 2.05) is 0 Å². The minimum absolute atomic E-state index is 0.161. The number of unbranched alkanes of at least 4 members (excludes halogenated alkanes) is 1. The molecule has 0 spiro atoms. The molecule has 0 saturated carbocycles. The quantitative estimate of drug-likeness (QED) is 0.350. The molecule has 11 nitrogen and oxygen atoms in total. The number of nitrogens with zero attached hydrogens (tertiary/aromatic N) is 5. The van der Waals surface area contributed by atoms with Crippen LogP contribution in [-0.4, -0.2) is 68.5 Å². The van der Waals surface area contributed by atoms with Gasteiger partial charge in [0.05, 0.1) is 24.7 Å². The molecule has 1 aromatic carbocycles. The van der Waals surface area contributed by atoms with Gasteiger partial charge in [-0.1, -0.05) is 37.6 Å². The summed E-state index contributed by atoms with van der Waals surface area (Å²) >= 11 is 0. The molecule has 39 heavy (non-hydrogen) atoms. The molecule has 0 bridgehead atoms. The first-order chi connectivity index (χ1) is 18.7. The molecule has 3 aromatic rings. The van der Waals surface area contributed by atoms with Gasteiger partial charge in [0, 0.05) is 6.54 Å². The molecule has 1 aliphatic heterocycles. The Kier molecular flexibility index (Phi) is 9.34. The molecule has 2 aromatic heterocycles. The Balaban J connectivity index is 1.49. The average molecular weight is 538 g/mol. The Morgan fingerprint density at radius 1 is 1.03 bits per heavy atom. The van der Waals surface area contributed by atoms with Crippen LogP contribution in [0.2, 0.25) is 0 Å². The van der Waals surface area contributed by atoms with Crippen LogP contribution in [0.1, 0.15) is 64.5 Å². The standard InChI is InChI=1S/C28H39N7O4/c1-5-6-15-38-26-32-24(31-23(36)17-29-27(37)39-28(2,3)4)22-16-30-35(25(22)33-26)19-21-11-9-20(10-12-21)18-34-13-7-8-14-34/h9-12,16H,5-8,13-15,17-19H2,1-4H3,(H,29,37)(H,31,32,33,36). The smallest absolute Gasteiger partial charge is 0.408 e. The zero-order chi connectivity index (χ0) is 27.8. The third-order valence-corrected chi connectivity index (χ3v) is 6.21. The molecular weight excluding hydrogens is 498 g/mol. The van der Waals surface area contributed by atoms with Crippen molar-refractivity contribution in [3.8, 4) is 6.01 Å². The first-order valence-electron chi connectivity index (χ1n) is 13.6. The van der Waals surface area contributed by atoms with Crippen LogP contribution in [0.4, 0.5) is 10.6 Å². The molecule has 210 valence electrons. The van der Waals surface area contributed by atoms with Gasteiger partial charge in [-0.3, -0.25) is 9.69 Å². The van der Waals surface area contributed by atoms with E-state index in [1.54, 1.807) is 31.6 Å². The lowest BCUT2D eigenvalue weighted by molar-refractivity contribution is -0.115. The maximum Gasteiger partial charge on any atom is 0.408 e. The zero-order valence-electron chi connectivity index (χ0n) is 23.3. The molecule has 1 saturated heterocycles. The summed E-state index contributed by atoms with van der Waals surface area (Å²) in [4.78, 5) is 36.1. The van der Waals surface area contributed by atoms with Gasteiger partial charge in [-0.15, -0.1) is 0 Å². The Morgan fingerprint density at radius 3 is 2.38 bits per heavy atom.